The summed E-state index contributed by atoms with van der Waals surface area (Å²) in [5.41, 5.74) is 1.26. The number of rotatable bonds is 1. The minimum Gasteiger partial charge on any atom is -0.426 e. The van der Waals surface area contributed by atoms with Gasteiger partial charge in [0.15, 0.2) is 28.8 Å². The van der Waals surface area contributed by atoms with Gasteiger partial charge in [0.25, 0.3) is 0 Å². The minimum absolute atomic E-state index is 0.851. The fraction of sp³-hybridized carbons (Fsp3) is 0.0909. The normalized spacial score (nSPS) is 10.7. The van der Waals surface area contributed by atoms with Crippen LogP contribution in [-0.4, -0.2) is 0 Å². The second-order valence-corrected chi connectivity index (χ2v) is 5.36. The fourth-order valence-electron chi connectivity index (χ4n) is 1.59. The van der Waals surface area contributed by atoms with Crippen molar-refractivity contribution in [2.45, 2.75) is 11.8 Å². The Labute approximate surface area is 122 Å². The van der Waals surface area contributed by atoms with Crippen molar-refractivity contribution in [1.82, 2.24) is 0 Å². The van der Waals surface area contributed by atoms with Crippen molar-refractivity contribution in [3.8, 4) is 5.75 Å². The van der Waals surface area contributed by atoms with Gasteiger partial charge in [0, 0.05) is 13.9 Å². The summed E-state index contributed by atoms with van der Waals surface area (Å²) in [6.45, 7) is 2.10. The number of halogens is 2. The van der Waals surface area contributed by atoms with Gasteiger partial charge < -0.3 is 3.07 Å². The van der Waals surface area contributed by atoms with Gasteiger partial charge in [-0.15, -0.1) is 12.6 Å². The van der Waals surface area contributed by atoms with E-state index in [1.807, 2.05) is 29.1 Å². The van der Waals surface area contributed by atoms with Crippen molar-refractivity contribution < 1.29 is 3.07 Å². The molecule has 78 valence electrons. The predicted molar refractivity (Wildman–Crippen MR) is 83.3 cm³/mol. The smallest absolute Gasteiger partial charge is 0.192 e. The molecule has 0 bridgehead atoms. The van der Waals surface area contributed by atoms with E-state index in [1.54, 1.807) is 0 Å². The lowest BCUT2D eigenvalue weighted by Crippen LogP contribution is -1.87. The van der Waals surface area contributed by atoms with Crippen molar-refractivity contribution in [3.63, 3.8) is 0 Å². The standard InChI is InChI=1S/C11H8I2OS/c1-6-2-4-8(12)10-7(6)3-5-9(15)11(10)14-13/h2-5,15H,1H3. The number of thiol groups is 1. The van der Waals surface area contributed by atoms with Crippen LogP contribution in [0.5, 0.6) is 5.75 Å². The summed E-state index contributed by atoms with van der Waals surface area (Å²) in [5.74, 6) is 0.851. The Morgan fingerprint density at radius 2 is 1.93 bits per heavy atom. The summed E-state index contributed by atoms with van der Waals surface area (Å²) in [6, 6.07) is 8.29. The van der Waals surface area contributed by atoms with Crippen LogP contribution in [0.2, 0.25) is 0 Å². The molecular weight excluding hydrogens is 434 g/mol. The first-order chi connectivity index (χ1) is 7.15. The molecule has 0 spiro atoms. The van der Waals surface area contributed by atoms with Crippen LogP contribution in [0.1, 0.15) is 5.56 Å². The molecule has 0 saturated heterocycles. The number of hydrogen-bond donors (Lipinski definition) is 1. The minimum atomic E-state index is 0.851. The van der Waals surface area contributed by atoms with Gasteiger partial charge in [0.2, 0.25) is 0 Å². The van der Waals surface area contributed by atoms with Gasteiger partial charge in [-0.2, -0.15) is 0 Å². The highest BCUT2D eigenvalue weighted by Crippen LogP contribution is 2.37. The van der Waals surface area contributed by atoms with E-state index in [1.165, 1.54) is 14.5 Å². The fourth-order valence-corrected chi connectivity index (χ4v) is 3.17. The third-order valence-corrected chi connectivity index (χ3v) is 4.05. The molecular formula is C11H8I2OS. The first kappa shape index (κ1) is 11.8. The average Bonchev–Trinajstić information content (AvgIpc) is 2.23. The van der Waals surface area contributed by atoms with Crippen LogP contribution in [0.15, 0.2) is 29.2 Å². The Kier molecular flexibility index (Phi) is 3.67. The van der Waals surface area contributed by atoms with Crippen LogP contribution < -0.4 is 3.07 Å². The van der Waals surface area contributed by atoms with E-state index >= 15 is 0 Å². The van der Waals surface area contributed by atoms with Crippen LogP contribution in [0.4, 0.5) is 0 Å². The molecule has 0 fully saturated rings. The van der Waals surface area contributed by atoms with Gasteiger partial charge in [0.05, 0.1) is 0 Å². The molecule has 15 heavy (non-hydrogen) atoms. The third-order valence-electron chi connectivity index (χ3n) is 2.36. The zero-order chi connectivity index (χ0) is 11.0. The molecule has 2 aromatic rings. The topological polar surface area (TPSA) is 9.23 Å². The Morgan fingerprint density at radius 3 is 2.60 bits per heavy atom. The number of fused-ring (bicyclic) bond motifs is 1. The molecule has 0 atom stereocenters. The van der Waals surface area contributed by atoms with Crippen LogP contribution in [0.25, 0.3) is 10.8 Å². The van der Waals surface area contributed by atoms with Crippen LogP contribution in [0, 0.1) is 10.5 Å². The summed E-state index contributed by atoms with van der Waals surface area (Å²) >= 11 is 8.63. The number of hydrogen-bond acceptors (Lipinski definition) is 2. The molecule has 0 unspecified atom stereocenters. The van der Waals surface area contributed by atoms with Crippen LogP contribution in [0.3, 0.4) is 0 Å². The molecule has 0 amide bonds. The Hall–Kier alpha value is 0.310. The highest BCUT2D eigenvalue weighted by Gasteiger charge is 2.10. The first-order valence-electron chi connectivity index (χ1n) is 4.34. The van der Waals surface area contributed by atoms with E-state index in [0.29, 0.717) is 0 Å². The quantitative estimate of drug-likeness (QED) is 0.495. The summed E-state index contributed by atoms with van der Waals surface area (Å²) in [7, 11) is 0. The average molecular weight is 442 g/mol. The van der Waals surface area contributed by atoms with Gasteiger partial charge in [-0.05, 0) is 52.6 Å². The van der Waals surface area contributed by atoms with Gasteiger partial charge >= 0.3 is 0 Å². The molecule has 0 aromatic heterocycles. The molecule has 0 radical (unpaired) electrons. The van der Waals surface area contributed by atoms with Crippen molar-refractivity contribution in [3.05, 3.63) is 33.4 Å². The van der Waals surface area contributed by atoms with Crippen molar-refractivity contribution in [2.75, 3.05) is 0 Å². The molecule has 0 aliphatic rings. The Bertz CT molecular complexity index is 525. The lowest BCUT2D eigenvalue weighted by molar-refractivity contribution is 0.706. The second-order valence-electron chi connectivity index (χ2n) is 3.28. The van der Waals surface area contributed by atoms with Crippen molar-refractivity contribution >= 4 is 69.0 Å². The van der Waals surface area contributed by atoms with Gasteiger partial charge in [-0.3, -0.25) is 0 Å². The molecule has 0 N–H and O–H groups in total. The van der Waals surface area contributed by atoms with Crippen molar-refractivity contribution in [2.24, 2.45) is 0 Å². The molecule has 4 heteroatoms. The van der Waals surface area contributed by atoms with Gasteiger partial charge in [-0.1, -0.05) is 12.1 Å². The van der Waals surface area contributed by atoms with E-state index in [9.17, 15) is 0 Å². The molecule has 2 rings (SSSR count). The summed E-state index contributed by atoms with van der Waals surface area (Å²) < 4.78 is 6.57. The molecule has 1 nitrogen and oxygen atoms in total. The second kappa shape index (κ2) is 4.67. The zero-order valence-electron chi connectivity index (χ0n) is 7.92. The van der Waals surface area contributed by atoms with E-state index < -0.39 is 0 Å². The zero-order valence-corrected chi connectivity index (χ0v) is 13.1. The maximum atomic E-state index is 5.38. The maximum Gasteiger partial charge on any atom is 0.192 e. The van der Waals surface area contributed by atoms with E-state index in [2.05, 4.69) is 60.3 Å². The lowest BCUT2D eigenvalue weighted by Gasteiger charge is -2.10. The SMILES string of the molecule is Cc1ccc(I)c2c(OI)c(S)ccc12. The summed E-state index contributed by atoms with van der Waals surface area (Å²) in [6.07, 6.45) is 0. The summed E-state index contributed by atoms with van der Waals surface area (Å²) in [5, 5.41) is 2.38. The van der Waals surface area contributed by atoms with E-state index in [4.69, 9.17) is 3.07 Å². The van der Waals surface area contributed by atoms with Crippen LogP contribution >= 0.6 is 58.2 Å². The predicted octanol–water partition coefficient (Wildman–Crippen LogP) is 4.77. The molecule has 0 aliphatic heterocycles. The molecule has 0 aliphatic carbocycles. The number of aryl methyl sites for hydroxylation is 1. The molecule has 0 heterocycles. The van der Waals surface area contributed by atoms with Crippen molar-refractivity contribution in [1.29, 1.82) is 0 Å². The maximum absolute atomic E-state index is 5.38. The first-order valence-corrected chi connectivity index (χ1v) is 6.75. The van der Waals surface area contributed by atoms with E-state index in [-0.39, 0.29) is 0 Å². The largest absolute Gasteiger partial charge is 0.426 e. The third kappa shape index (κ3) is 2.08. The lowest BCUT2D eigenvalue weighted by atomic mass is 10.1. The highest BCUT2D eigenvalue weighted by molar-refractivity contribution is 14.1. The highest BCUT2D eigenvalue weighted by atomic mass is 127. The van der Waals surface area contributed by atoms with Gasteiger partial charge in [0.1, 0.15) is 0 Å². The molecule has 2 aromatic carbocycles. The van der Waals surface area contributed by atoms with Crippen LogP contribution in [-0.2, 0) is 0 Å². The monoisotopic (exact) mass is 442 g/mol. The Morgan fingerprint density at radius 1 is 1.20 bits per heavy atom. The Balaban J connectivity index is 2.96. The van der Waals surface area contributed by atoms with Gasteiger partial charge in [-0.25, -0.2) is 0 Å². The summed E-state index contributed by atoms with van der Waals surface area (Å²) in [4.78, 5) is 0.875. The van der Waals surface area contributed by atoms with E-state index in [0.717, 1.165) is 16.0 Å². The number of benzene rings is 2. The molecule has 0 saturated carbocycles.